The molecule has 34 heavy (non-hydrogen) atoms. The van der Waals surface area contributed by atoms with Crippen LogP contribution in [0.2, 0.25) is 0 Å². The second-order valence-corrected chi connectivity index (χ2v) is 9.66. The summed E-state index contributed by atoms with van der Waals surface area (Å²) in [4.78, 5) is 33.5. The highest BCUT2D eigenvalue weighted by Crippen LogP contribution is 2.31. The number of hydrogen-bond donors (Lipinski definition) is 3. The van der Waals surface area contributed by atoms with E-state index in [9.17, 15) is 9.59 Å². The molecule has 5 rings (SSSR count). The van der Waals surface area contributed by atoms with E-state index in [0.717, 1.165) is 64.3 Å². The summed E-state index contributed by atoms with van der Waals surface area (Å²) in [6.45, 7) is 0.688. The lowest BCUT2D eigenvalue weighted by molar-refractivity contribution is -0.121. The Morgan fingerprint density at radius 1 is 1.18 bits per heavy atom. The molecule has 0 bridgehead atoms. The Hall–Kier alpha value is -3.17. The Morgan fingerprint density at radius 3 is 2.85 bits per heavy atom. The molecule has 0 unspecified atom stereocenters. The number of hydrogen-bond acceptors (Lipinski definition) is 7. The monoisotopic (exact) mass is 477 g/mol. The zero-order chi connectivity index (χ0) is 23.5. The third-order valence-electron chi connectivity index (χ3n) is 6.42. The van der Waals surface area contributed by atoms with E-state index < -0.39 is 0 Å². The minimum absolute atomic E-state index is 0.00970. The summed E-state index contributed by atoms with van der Waals surface area (Å²) in [7, 11) is 1.63. The predicted molar refractivity (Wildman–Crippen MR) is 133 cm³/mol. The van der Waals surface area contributed by atoms with Gasteiger partial charge in [-0.2, -0.15) is 0 Å². The molecule has 3 N–H and O–H groups in total. The van der Waals surface area contributed by atoms with Crippen molar-refractivity contribution in [2.24, 2.45) is 5.92 Å². The Morgan fingerprint density at radius 2 is 2.03 bits per heavy atom. The van der Waals surface area contributed by atoms with Gasteiger partial charge in [0, 0.05) is 36.3 Å². The Balaban J connectivity index is 1.14. The molecule has 8 nitrogen and oxygen atoms in total. The van der Waals surface area contributed by atoms with E-state index >= 15 is 0 Å². The number of aromatic nitrogens is 2. The maximum absolute atomic E-state index is 13.0. The van der Waals surface area contributed by atoms with Crippen LogP contribution in [0, 0.1) is 5.92 Å². The number of ether oxygens (including phenoxy) is 1. The molecule has 1 aliphatic heterocycles. The van der Waals surface area contributed by atoms with Crippen LogP contribution in [0.1, 0.15) is 31.2 Å². The van der Waals surface area contributed by atoms with E-state index in [0.29, 0.717) is 18.3 Å². The summed E-state index contributed by atoms with van der Waals surface area (Å²) in [6, 6.07) is 9.84. The van der Waals surface area contributed by atoms with E-state index in [1.807, 2.05) is 36.5 Å². The number of nitrogens with one attached hydrogen (secondary N) is 3. The van der Waals surface area contributed by atoms with Gasteiger partial charge in [0.2, 0.25) is 11.8 Å². The van der Waals surface area contributed by atoms with Gasteiger partial charge >= 0.3 is 0 Å². The van der Waals surface area contributed by atoms with Crippen LogP contribution >= 0.6 is 11.8 Å². The third-order valence-corrected chi connectivity index (χ3v) is 7.43. The minimum Gasteiger partial charge on any atom is -0.497 e. The summed E-state index contributed by atoms with van der Waals surface area (Å²) in [5.41, 5.74) is 3.42. The van der Waals surface area contributed by atoms with Crippen LogP contribution in [-0.2, 0) is 16.1 Å². The first-order chi connectivity index (χ1) is 16.6. The van der Waals surface area contributed by atoms with Crippen LogP contribution in [0.3, 0.4) is 0 Å². The molecule has 1 saturated carbocycles. The molecule has 2 aliphatic rings. The molecule has 0 spiro atoms. The van der Waals surface area contributed by atoms with Gasteiger partial charge in [-0.15, -0.1) is 0 Å². The Labute approximate surface area is 202 Å². The van der Waals surface area contributed by atoms with Crippen molar-refractivity contribution in [3.63, 3.8) is 0 Å². The van der Waals surface area contributed by atoms with Crippen LogP contribution in [0.4, 0.5) is 11.4 Å². The fraction of sp³-hybridized carbons (Fsp3) is 0.360. The Kier molecular flexibility index (Phi) is 6.64. The molecular weight excluding hydrogens is 450 g/mol. The quantitative estimate of drug-likeness (QED) is 0.493. The second-order valence-electron chi connectivity index (χ2n) is 8.69. The number of anilines is 2. The number of amides is 2. The number of benzene rings is 1. The zero-order valence-corrected chi connectivity index (χ0v) is 19.8. The van der Waals surface area contributed by atoms with Crippen molar-refractivity contribution >= 4 is 45.9 Å². The first-order valence-electron chi connectivity index (χ1n) is 11.5. The number of rotatable bonds is 6. The van der Waals surface area contributed by atoms with Crippen molar-refractivity contribution in [1.29, 1.82) is 0 Å². The number of carbonyl (C=O) groups is 2. The van der Waals surface area contributed by atoms with E-state index in [4.69, 9.17) is 4.74 Å². The zero-order valence-electron chi connectivity index (χ0n) is 19.0. The third kappa shape index (κ3) is 5.00. The number of fused-ring (bicyclic) bond motifs is 2. The van der Waals surface area contributed by atoms with Gasteiger partial charge in [0.25, 0.3) is 0 Å². The largest absolute Gasteiger partial charge is 0.497 e. The van der Waals surface area contributed by atoms with Crippen molar-refractivity contribution in [1.82, 2.24) is 15.3 Å². The maximum Gasteiger partial charge on any atom is 0.234 e. The molecule has 1 fully saturated rings. The summed E-state index contributed by atoms with van der Waals surface area (Å²) in [5, 5.41) is 11.3. The van der Waals surface area contributed by atoms with Gasteiger partial charge in [0.05, 0.1) is 29.8 Å². The number of carbonyl (C=O) groups excluding carboxylic acids is 2. The van der Waals surface area contributed by atoms with Crippen molar-refractivity contribution in [3.05, 3.63) is 48.3 Å². The van der Waals surface area contributed by atoms with Crippen molar-refractivity contribution in [2.75, 3.05) is 23.5 Å². The predicted octanol–water partition coefficient (Wildman–Crippen LogP) is 3.97. The molecular formula is C25H27N5O3S. The summed E-state index contributed by atoms with van der Waals surface area (Å²) >= 11 is 1.47. The molecule has 0 saturated heterocycles. The van der Waals surface area contributed by atoms with Crippen LogP contribution in [-0.4, -0.2) is 40.7 Å². The summed E-state index contributed by atoms with van der Waals surface area (Å²) in [6.07, 6.45) is 7.13. The van der Waals surface area contributed by atoms with E-state index in [1.54, 1.807) is 13.3 Å². The van der Waals surface area contributed by atoms with E-state index in [2.05, 4.69) is 25.9 Å². The van der Waals surface area contributed by atoms with Gasteiger partial charge in [0.15, 0.2) is 0 Å². The summed E-state index contributed by atoms with van der Waals surface area (Å²) in [5.74, 6) is 1.21. The molecule has 3 heterocycles. The van der Waals surface area contributed by atoms with Gasteiger partial charge < -0.3 is 20.7 Å². The molecule has 1 aliphatic carbocycles. The number of thioether (sulfide) groups is 1. The smallest absolute Gasteiger partial charge is 0.234 e. The number of methoxy groups -OCH3 is 1. The van der Waals surface area contributed by atoms with Crippen molar-refractivity contribution < 1.29 is 14.3 Å². The van der Waals surface area contributed by atoms with Crippen LogP contribution in [0.25, 0.3) is 10.9 Å². The van der Waals surface area contributed by atoms with Gasteiger partial charge in [-0.3, -0.25) is 14.6 Å². The molecule has 2 aromatic heterocycles. The average molecular weight is 478 g/mol. The van der Waals surface area contributed by atoms with E-state index in [-0.39, 0.29) is 17.7 Å². The minimum atomic E-state index is -0.00970. The topological polar surface area (TPSA) is 105 Å². The van der Waals surface area contributed by atoms with Crippen LogP contribution < -0.4 is 20.7 Å². The van der Waals surface area contributed by atoms with Gasteiger partial charge in [0.1, 0.15) is 10.8 Å². The Bertz CT molecular complexity index is 1230. The van der Waals surface area contributed by atoms with Crippen LogP contribution in [0.15, 0.2) is 47.8 Å². The molecule has 176 valence electrons. The SMILES string of the molecule is COc1ccc2nccc(NC(=O)[C@H]3CC[C@H](NCc4cnc5c(c4)NC(=O)CS5)CC3)c2c1. The molecule has 0 radical (unpaired) electrons. The van der Waals surface area contributed by atoms with Gasteiger partial charge in [-0.05, 0) is 61.6 Å². The molecule has 0 atom stereocenters. The molecule has 9 heteroatoms. The van der Waals surface area contributed by atoms with Crippen LogP contribution in [0.5, 0.6) is 5.75 Å². The summed E-state index contributed by atoms with van der Waals surface area (Å²) < 4.78 is 5.33. The molecule has 3 aromatic rings. The normalized spacial score (nSPS) is 19.9. The lowest BCUT2D eigenvalue weighted by Crippen LogP contribution is -2.36. The highest BCUT2D eigenvalue weighted by molar-refractivity contribution is 8.00. The van der Waals surface area contributed by atoms with Crippen molar-refractivity contribution in [3.8, 4) is 5.75 Å². The lowest BCUT2D eigenvalue weighted by atomic mass is 9.85. The first-order valence-corrected chi connectivity index (χ1v) is 12.5. The van der Waals surface area contributed by atoms with Crippen molar-refractivity contribution in [2.45, 2.75) is 43.3 Å². The molecule has 1 aromatic carbocycles. The fourth-order valence-electron chi connectivity index (χ4n) is 4.53. The maximum atomic E-state index is 13.0. The average Bonchev–Trinajstić information content (AvgIpc) is 2.87. The molecule has 2 amide bonds. The standard InChI is InChI=1S/C25H27N5O3S/c1-33-18-6-7-20-19(11-18)21(8-9-26-20)30-24(32)16-2-4-17(5-3-16)27-12-15-10-22-25(28-13-15)34-14-23(31)29-22/h6-11,13,16-17,27H,2-5,12,14H2,1H3,(H,29,31)(H,26,30,32)/t16-,17-. The lowest BCUT2D eigenvalue weighted by Gasteiger charge is -2.28. The second kappa shape index (κ2) is 9.99. The van der Waals surface area contributed by atoms with Gasteiger partial charge in [-0.1, -0.05) is 11.8 Å². The van der Waals surface area contributed by atoms with Gasteiger partial charge in [-0.25, -0.2) is 4.98 Å². The fourth-order valence-corrected chi connectivity index (χ4v) is 5.27. The number of pyridine rings is 2. The first kappa shape index (κ1) is 22.6. The highest BCUT2D eigenvalue weighted by Gasteiger charge is 2.26. The number of nitrogens with zero attached hydrogens (tertiary/aromatic N) is 2. The van der Waals surface area contributed by atoms with E-state index in [1.165, 1.54) is 11.8 Å². The highest BCUT2D eigenvalue weighted by atomic mass is 32.2.